The molecule has 1 atom stereocenters. The van der Waals surface area contributed by atoms with Crippen LogP contribution in [0.5, 0.6) is 0 Å². The number of hydrogen-bond donors (Lipinski definition) is 2. The molecule has 5 nitrogen and oxygen atoms in total. The normalized spacial score (nSPS) is 12.9. The lowest BCUT2D eigenvalue weighted by molar-refractivity contribution is -0.138. The van der Waals surface area contributed by atoms with Crippen LogP contribution in [-0.2, 0) is 17.5 Å². The van der Waals surface area contributed by atoms with Crippen LogP contribution in [0.4, 0.5) is 18.0 Å². The molecule has 0 aliphatic rings. The number of amides is 3. The zero-order valence-electron chi connectivity index (χ0n) is 12.5. The Labute approximate surface area is 126 Å². The molecule has 0 bridgehead atoms. The number of carbonyl (C=O) groups excluding carboxylic acids is 2. The second kappa shape index (κ2) is 7.26. The highest BCUT2D eigenvalue weighted by Crippen LogP contribution is 2.32. The topological polar surface area (TPSA) is 61.4 Å². The van der Waals surface area contributed by atoms with Gasteiger partial charge in [-0.1, -0.05) is 18.2 Å². The van der Waals surface area contributed by atoms with E-state index in [1.165, 1.54) is 44.1 Å². The van der Waals surface area contributed by atoms with Gasteiger partial charge in [-0.15, -0.1) is 0 Å². The lowest BCUT2D eigenvalue weighted by atomic mass is 10.1. The molecule has 3 amide bonds. The van der Waals surface area contributed by atoms with Crippen molar-refractivity contribution in [3.8, 4) is 0 Å². The fraction of sp³-hybridized carbons (Fsp3) is 0.429. The summed E-state index contributed by atoms with van der Waals surface area (Å²) in [6.07, 6.45) is -4.45. The number of nitrogens with one attached hydrogen (secondary N) is 2. The Bertz CT molecular complexity index is 546. The summed E-state index contributed by atoms with van der Waals surface area (Å²) in [7, 11) is 2.87. The van der Waals surface area contributed by atoms with E-state index in [0.29, 0.717) is 0 Å². The fourth-order valence-corrected chi connectivity index (χ4v) is 1.82. The Kier molecular flexibility index (Phi) is 5.92. The molecule has 8 heteroatoms. The Morgan fingerprint density at radius 2 is 1.86 bits per heavy atom. The molecule has 1 aromatic carbocycles. The number of benzene rings is 1. The standard InChI is InChI=1S/C14H18F3N3O2/c1-9(12(21)19-13(22)18-2)20(3)8-10-6-4-5-7-11(10)14(15,16)17/h4-7,9H,8H2,1-3H3,(H2,18,19,21,22). The van der Waals surface area contributed by atoms with E-state index in [-0.39, 0.29) is 12.1 Å². The van der Waals surface area contributed by atoms with Crippen LogP contribution < -0.4 is 10.6 Å². The number of alkyl halides is 3. The summed E-state index contributed by atoms with van der Waals surface area (Å²) in [5.74, 6) is -0.591. The SMILES string of the molecule is CNC(=O)NC(=O)C(C)N(C)Cc1ccccc1C(F)(F)F. The van der Waals surface area contributed by atoms with Gasteiger partial charge >= 0.3 is 12.2 Å². The average molecular weight is 317 g/mol. The molecule has 1 aromatic rings. The van der Waals surface area contributed by atoms with Crippen molar-refractivity contribution in [2.24, 2.45) is 0 Å². The van der Waals surface area contributed by atoms with Crippen molar-refractivity contribution in [1.29, 1.82) is 0 Å². The Morgan fingerprint density at radius 1 is 1.27 bits per heavy atom. The summed E-state index contributed by atoms with van der Waals surface area (Å²) < 4.78 is 38.8. The maximum absolute atomic E-state index is 12.9. The predicted octanol–water partition coefficient (Wildman–Crippen LogP) is 1.98. The quantitative estimate of drug-likeness (QED) is 0.893. The first-order chi connectivity index (χ1) is 10.2. The van der Waals surface area contributed by atoms with Crippen molar-refractivity contribution >= 4 is 11.9 Å². The van der Waals surface area contributed by atoms with E-state index in [0.717, 1.165) is 6.07 Å². The van der Waals surface area contributed by atoms with E-state index >= 15 is 0 Å². The lowest BCUT2D eigenvalue weighted by Crippen LogP contribution is -2.47. The van der Waals surface area contributed by atoms with Crippen molar-refractivity contribution in [2.45, 2.75) is 25.7 Å². The van der Waals surface area contributed by atoms with Crippen LogP contribution in [0.15, 0.2) is 24.3 Å². The molecule has 0 fully saturated rings. The van der Waals surface area contributed by atoms with Crippen LogP contribution in [0, 0.1) is 0 Å². The van der Waals surface area contributed by atoms with Crippen molar-refractivity contribution in [3.05, 3.63) is 35.4 Å². The Morgan fingerprint density at radius 3 is 2.41 bits per heavy atom. The molecule has 2 N–H and O–H groups in total. The average Bonchev–Trinajstić information content (AvgIpc) is 2.45. The number of imide groups is 1. The smallest absolute Gasteiger partial charge is 0.341 e. The molecule has 0 aromatic heterocycles. The van der Waals surface area contributed by atoms with Gasteiger partial charge in [-0.2, -0.15) is 13.2 Å². The van der Waals surface area contributed by atoms with Crippen LogP contribution in [0.25, 0.3) is 0 Å². The molecule has 0 aliphatic carbocycles. The number of likely N-dealkylation sites (N-methyl/N-ethyl adjacent to an activating group) is 1. The molecule has 1 rings (SSSR count). The number of hydrogen-bond acceptors (Lipinski definition) is 3. The van der Waals surface area contributed by atoms with E-state index in [9.17, 15) is 22.8 Å². The first-order valence-corrected chi connectivity index (χ1v) is 6.54. The van der Waals surface area contributed by atoms with Crippen molar-refractivity contribution in [3.63, 3.8) is 0 Å². The van der Waals surface area contributed by atoms with Gasteiger partial charge in [-0.25, -0.2) is 4.79 Å². The number of carbonyl (C=O) groups is 2. The van der Waals surface area contributed by atoms with E-state index in [4.69, 9.17) is 0 Å². The molecule has 1 unspecified atom stereocenters. The number of urea groups is 1. The first kappa shape index (κ1) is 18.0. The van der Waals surface area contributed by atoms with E-state index in [1.807, 2.05) is 0 Å². The van der Waals surface area contributed by atoms with Gasteiger partial charge in [0.05, 0.1) is 11.6 Å². The summed E-state index contributed by atoms with van der Waals surface area (Å²) in [4.78, 5) is 24.3. The van der Waals surface area contributed by atoms with Crippen molar-refractivity contribution < 1.29 is 22.8 Å². The van der Waals surface area contributed by atoms with Gasteiger partial charge in [0.2, 0.25) is 5.91 Å². The summed E-state index contributed by atoms with van der Waals surface area (Å²) in [5.41, 5.74) is -0.669. The third kappa shape index (κ3) is 4.73. The van der Waals surface area contributed by atoms with Gasteiger partial charge in [-0.3, -0.25) is 15.0 Å². The van der Waals surface area contributed by atoms with Gasteiger partial charge in [0, 0.05) is 13.6 Å². The van der Waals surface area contributed by atoms with Gasteiger partial charge in [0.15, 0.2) is 0 Å². The van der Waals surface area contributed by atoms with Gasteiger partial charge in [0.1, 0.15) is 0 Å². The van der Waals surface area contributed by atoms with E-state index < -0.39 is 29.7 Å². The van der Waals surface area contributed by atoms with Gasteiger partial charge in [-0.05, 0) is 25.6 Å². The van der Waals surface area contributed by atoms with Gasteiger partial charge < -0.3 is 5.32 Å². The van der Waals surface area contributed by atoms with Crippen molar-refractivity contribution in [2.75, 3.05) is 14.1 Å². The lowest BCUT2D eigenvalue weighted by Gasteiger charge is -2.25. The van der Waals surface area contributed by atoms with Crippen LogP contribution in [-0.4, -0.2) is 37.0 Å². The zero-order chi connectivity index (χ0) is 16.9. The minimum atomic E-state index is -4.45. The summed E-state index contributed by atoms with van der Waals surface area (Å²) in [6, 6.07) is 3.75. The molecule has 0 aliphatic heterocycles. The molecular weight excluding hydrogens is 299 g/mol. The minimum Gasteiger partial charge on any atom is -0.341 e. The van der Waals surface area contributed by atoms with Crippen LogP contribution in [0.3, 0.4) is 0 Å². The number of nitrogens with zero attached hydrogens (tertiary/aromatic N) is 1. The Balaban J connectivity index is 2.83. The third-order valence-electron chi connectivity index (χ3n) is 3.25. The summed E-state index contributed by atoms with van der Waals surface area (Å²) in [5, 5.41) is 4.32. The van der Waals surface area contributed by atoms with E-state index in [1.54, 1.807) is 0 Å². The highest BCUT2D eigenvalue weighted by molar-refractivity contribution is 5.96. The molecule has 0 spiro atoms. The molecular formula is C14H18F3N3O2. The maximum atomic E-state index is 12.9. The highest BCUT2D eigenvalue weighted by Gasteiger charge is 2.33. The molecule has 22 heavy (non-hydrogen) atoms. The largest absolute Gasteiger partial charge is 0.416 e. The van der Waals surface area contributed by atoms with Crippen LogP contribution >= 0.6 is 0 Å². The van der Waals surface area contributed by atoms with E-state index in [2.05, 4.69) is 10.6 Å². The fourth-order valence-electron chi connectivity index (χ4n) is 1.82. The molecule has 0 heterocycles. The maximum Gasteiger partial charge on any atom is 0.416 e. The number of rotatable bonds is 4. The molecule has 122 valence electrons. The first-order valence-electron chi connectivity index (χ1n) is 6.54. The molecule has 0 saturated heterocycles. The second-order valence-corrected chi connectivity index (χ2v) is 4.81. The minimum absolute atomic E-state index is 0.0668. The monoisotopic (exact) mass is 317 g/mol. The summed E-state index contributed by atoms with van der Waals surface area (Å²) in [6.45, 7) is 1.44. The second-order valence-electron chi connectivity index (χ2n) is 4.81. The highest BCUT2D eigenvalue weighted by atomic mass is 19.4. The van der Waals surface area contributed by atoms with Crippen LogP contribution in [0.1, 0.15) is 18.1 Å². The van der Waals surface area contributed by atoms with Crippen molar-refractivity contribution in [1.82, 2.24) is 15.5 Å². The number of halogens is 3. The van der Waals surface area contributed by atoms with Crippen LogP contribution in [0.2, 0.25) is 0 Å². The predicted molar refractivity (Wildman–Crippen MR) is 75.0 cm³/mol. The zero-order valence-corrected chi connectivity index (χ0v) is 12.5. The molecule has 0 radical (unpaired) electrons. The Hall–Kier alpha value is -2.09. The molecule has 0 saturated carbocycles. The van der Waals surface area contributed by atoms with Gasteiger partial charge in [0.25, 0.3) is 0 Å². The third-order valence-corrected chi connectivity index (χ3v) is 3.25. The summed E-state index contributed by atoms with van der Waals surface area (Å²) >= 11 is 0.